The first-order valence-corrected chi connectivity index (χ1v) is 24.9. The summed E-state index contributed by atoms with van der Waals surface area (Å²) in [6.07, 6.45) is 8.25. The van der Waals surface area contributed by atoms with Crippen molar-refractivity contribution in [3.05, 3.63) is 165 Å². The molecule has 11 nitrogen and oxygen atoms in total. The number of aromatic nitrogens is 2. The maximum atomic E-state index is 13.7. The number of halogens is 2. The molecule has 15 heteroatoms. The predicted octanol–water partition coefficient (Wildman–Crippen LogP) is 11.2. The Morgan fingerprint density at radius 1 is 0.615 bits per heavy atom. The van der Waals surface area contributed by atoms with Gasteiger partial charge >= 0.3 is 5.97 Å². The van der Waals surface area contributed by atoms with Crippen molar-refractivity contribution >= 4 is 49.2 Å². The molecule has 6 aromatic rings. The molecular weight excluding hydrogens is 904 g/mol. The lowest BCUT2D eigenvalue weighted by Crippen LogP contribution is -2.35. The Labute approximate surface area is 393 Å². The monoisotopic (exact) mass is 958 g/mol. The van der Waals surface area contributed by atoms with E-state index in [0.29, 0.717) is 40.6 Å². The Hall–Kier alpha value is -4.99. The van der Waals surface area contributed by atoms with Gasteiger partial charge in [0.1, 0.15) is 0 Å². The highest BCUT2D eigenvalue weighted by Gasteiger charge is 2.33. The number of sulfonamides is 2. The van der Waals surface area contributed by atoms with Gasteiger partial charge in [-0.1, -0.05) is 71.7 Å². The number of aryl methyl sites for hydroxylation is 2. The summed E-state index contributed by atoms with van der Waals surface area (Å²) in [6, 6.07) is 28.4. The van der Waals surface area contributed by atoms with Crippen LogP contribution in [0.5, 0.6) is 0 Å². The third kappa shape index (κ3) is 12.5. The minimum absolute atomic E-state index is 0.0231. The fraction of sp³-hybridized carbons (Fsp3) is 0.300. The van der Waals surface area contributed by atoms with Crippen molar-refractivity contribution in [1.29, 1.82) is 0 Å². The third-order valence-corrected chi connectivity index (χ3v) is 16.5. The lowest BCUT2D eigenvalue weighted by molar-refractivity contribution is -0.137. The van der Waals surface area contributed by atoms with Gasteiger partial charge in [0, 0.05) is 73.0 Å². The minimum atomic E-state index is -3.94. The van der Waals surface area contributed by atoms with E-state index in [2.05, 4.69) is 9.97 Å². The molecule has 2 aromatic heterocycles. The molecular formula is C50H56Cl2N4O7S2. The van der Waals surface area contributed by atoms with Crippen LogP contribution in [0.1, 0.15) is 85.0 Å². The van der Waals surface area contributed by atoms with Crippen molar-refractivity contribution in [1.82, 2.24) is 18.6 Å². The molecule has 0 radical (unpaired) electrons. The number of unbranched alkanes of at least 4 members (excludes halogenated alkanes) is 1. The van der Waals surface area contributed by atoms with Crippen LogP contribution in [0, 0.1) is 27.7 Å². The highest BCUT2D eigenvalue weighted by molar-refractivity contribution is 7.89. The molecule has 0 aliphatic carbocycles. The number of hydrogen-bond acceptors (Lipinski definition) is 8. The van der Waals surface area contributed by atoms with E-state index in [-0.39, 0.29) is 35.8 Å². The Balaban J connectivity index is 0.000000244. The normalized spacial score (nSPS) is 12.7. The van der Waals surface area contributed by atoms with Gasteiger partial charge in [0.2, 0.25) is 20.0 Å². The molecule has 0 unspecified atom stereocenters. The average Bonchev–Trinajstić information content (AvgIpc) is 3.28. The van der Waals surface area contributed by atoms with Gasteiger partial charge in [-0.05, 0) is 165 Å². The number of pyridine rings is 2. The van der Waals surface area contributed by atoms with E-state index in [1.54, 1.807) is 62.8 Å². The van der Waals surface area contributed by atoms with Crippen LogP contribution < -0.4 is 0 Å². The molecule has 344 valence electrons. The number of rotatable bonds is 18. The number of hydrogen-bond donors (Lipinski definition) is 2. The van der Waals surface area contributed by atoms with Gasteiger partial charge in [0.15, 0.2) is 0 Å². The SMILES string of the molecule is Cc1cnccc1-c1cccc([C@H](C)N(CCCC(=O)O)S(=O)(=O)c2cccc(Cl)c2C)c1.Cc1cnccc1-c1cccc([C@H](C)N(CCCCO)S(=O)(=O)c2cccc(Cl)c2C)c1. The second-order valence-corrected chi connectivity index (χ2v) is 20.4. The molecule has 0 saturated carbocycles. The van der Waals surface area contributed by atoms with Crippen LogP contribution in [0.2, 0.25) is 10.0 Å². The maximum absolute atomic E-state index is 13.7. The first-order valence-electron chi connectivity index (χ1n) is 21.3. The number of benzene rings is 4. The van der Waals surface area contributed by atoms with Gasteiger partial charge in [-0.25, -0.2) is 16.8 Å². The molecule has 0 fully saturated rings. The van der Waals surface area contributed by atoms with E-state index in [1.165, 1.54) is 14.7 Å². The van der Waals surface area contributed by atoms with Crippen molar-refractivity contribution < 1.29 is 31.8 Å². The number of aliphatic carboxylic acids is 1. The molecule has 0 bridgehead atoms. The standard InChI is InChI=1S/C25H27ClN2O4S.C25H29ClN2O3S/c1-17-16-27-13-12-22(17)21-8-4-7-20(15-21)19(3)28(14-6-11-25(29)30)33(31,32)24-10-5-9-23(26)18(24)2;1-18-17-27-13-12-23(18)22-9-6-8-21(16-22)20(3)28(14-4-5-15-29)32(30,31)25-11-7-10-24(26)19(25)2/h4-5,7-10,12-13,15-16,19H,6,11,14H2,1-3H3,(H,29,30);6-13,16-17,20,29H,4-5,14-15H2,1-3H3/t19-;20-/m00/s1. The largest absolute Gasteiger partial charge is 0.481 e. The van der Waals surface area contributed by atoms with Crippen molar-refractivity contribution in [2.45, 2.75) is 89.1 Å². The predicted molar refractivity (Wildman–Crippen MR) is 259 cm³/mol. The summed E-state index contributed by atoms with van der Waals surface area (Å²) in [7, 11) is -7.75. The fourth-order valence-electron chi connectivity index (χ4n) is 7.66. The Morgan fingerprint density at radius 3 is 1.43 bits per heavy atom. The van der Waals surface area contributed by atoms with Gasteiger partial charge in [0.05, 0.1) is 9.79 Å². The molecule has 6 rings (SSSR count). The van der Waals surface area contributed by atoms with Crippen LogP contribution in [0.15, 0.2) is 132 Å². The maximum Gasteiger partial charge on any atom is 0.303 e. The summed E-state index contributed by atoms with van der Waals surface area (Å²) in [5, 5.41) is 19.1. The number of carboxylic acid groups (broad SMARTS) is 1. The quantitative estimate of drug-likeness (QED) is 0.0800. The lowest BCUT2D eigenvalue weighted by Gasteiger charge is -2.30. The van der Waals surface area contributed by atoms with Gasteiger partial charge in [0.25, 0.3) is 0 Å². The highest BCUT2D eigenvalue weighted by Crippen LogP contribution is 2.36. The van der Waals surface area contributed by atoms with Gasteiger partial charge in [-0.2, -0.15) is 8.61 Å². The van der Waals surface area contributed by atoms with Crippen LogP contribution in [-0.2, 0) is 24.8 Å². The fourth-order valence-corrected chi connectivity index (χ4v) is 11.9. The van der Waals surface area contributed by atoms with E-state index in [1.807, 2.05) is 94.6 Å². The van der Waals surface area contributed by atoms with Gasteiger partial charge < -0.3 is 10.2 Å². The molecule has 4 aromatic carbocycles. The zero-order valence-corrected chi connectivity index (χ0v) is 40.6. The molecule has 0 aliphatic rings. The summed E-state index contributed by atoms with van der Waals surface area (Å²) < 4.78 is 57.8. The number of carbonyl (C=O) groups is 1. The first-order chi connectivity index (χ1) is 30.9. The molecule has 65 heavy (non-hydrogen) atoms. The van der Waals surface area contributed by atoms with Crippen LogP contribution in [0.25, 0.3) is 22.3 Å². The van der Waals surface area contributed by atoms with Crippen LogP contribution in [-0.4, -0.2) is 71.3 Å². The van der Waals surface area contributed by atoms with Crippen LogP contribution >= 0.6 is 23.2 Å². The Morgan fingerprint density at radius 2 is 1.03 bits per heavy atom. The van der Waals surface area contributed by atoms with E-state index in [4.69, 9.17) is 28.3 Å². The molecule has 2 heterocycles. The summed E-state index contributed by atoms with van der Waals surface area (Å²) in [4.78, 5) is 19.7. The van der Waals surface area contributed by atoms with Gasteiger partial charge in [-0.3, -0.25) is 14.8 Å². The van der Waals surface area contributed by atoms with E-state index in [9.17, 15) is 26.7 Å². The molecule has 0 spiro atoms. The smallest absolute Gasteiger partial charge is 0.303 e. The van der Waals surface area contributed by atoms with E-state index >= 15 is 0 Å². The molecule has 0 saturated heterocycles. The molecule has 2 atom stereocenters. The Kier molecular flexibility index (Phi) is 18.0. The van der Waals surface area contributed by atoms with E-state index in [0.717, 1.165) is 44.5 Å². The Bertz CT molecular complexity index is 2820. The number of aliphatic hydroxyl groups is 1. The van der Waals surface area contributed by atoms with Crippen LogP contribution in [0.3, 0.4) is 0 Å². The van der Waals surface area contributed by atoms with Crippen molar-refractivity contribution in [3.8, 4) is 22.3 Å². The summed E-state index contributed by atoms with van der Waals surface area (Å²) in [6.45, 7) is 11.5. The molecule has 2 N–H and O–H groups in total. The zero-order valence-electron chi connectivity index (χ0n) is 37.4. The zero-order chi connectivity index (χ0) is 47.5. The summed E-state index contributed by atoms with van der Waals surface area (Å²) in [5.41, 5.74) is 8.84. The highest BCUT2D eigenvalue weighted by atomic mass is 35.5. The van der Waals surface area contributed by atoms with Crippen molar-refractivity contribution in [2.75, 3.05) is 19.7 Å². The van der Waals surface area contributed by atoms with Crippen LogP contribution in [0.4, 0.5) is 0 Å². The topological polar surface area (TPSA) is 158 Å². The third-order valence-electron chi connectivity index (χ3n) is 11.4. The lowest BCUT2D eigenvalue weighted by atomic mass is 9.98. The molecule has 0 amide bonds. The first kappa shape index (κ1) is 51.0. The number of nitrogens with zero attached hydrogens (tertiary/aromatic N) is 4. The summed E-state index contributed by atoms with van der Waals surface area (Å²) >= 11 is 12.4. The van der Waals surface area contributed by atoms with E-state index < -0.39 is 38.1 Å². The average molecular weight is 960 g/mol. The van der Waals surface area contributed by atoms with Crippen molar-refractivity contribution in [2.24, 2.45) is 0 Å². The second-order valence-electron chi connectivity index (χ2n) is 15.9. The van der Waals surface area contributed by atoms with Gasteiger partial charge in [-0.15, -0.1) is 0 Å². The second kappa shape index (κ2) is 23.0. The summed E-state index contributed by atoms with van der Waals surface area (Å²) in [5.74, 6) is -0.964. The number of carboxylic acids is 1. The minimum Gasteiger partial charge on any atom is -0.481 e. The number of aliphatic hydroxyl groups excluding tert-OH is 1. The molecule has 0 aliphatic heterocycles. The van der Waals surface area contributed by atoms with Crippen molar-refractivity contribution in [3.63, 3.8) is 0 Å².